The molecule has 0 aromatic heterocycles. The molecule has 12 heavy (non-hydrogen) atoms. The van der Waals surface area contributed by atoms with Crippen molar-refractivity contribution in [3.8, 4) is 0 Å². The highest BCUT2D eigenvalue weighted by molar-refractivity contribution is 8.22. The van der Waals surface area contributed by atoms with Crippen molar-refractivity contribution in [1.29, 1.82) is 0 Å². The minimum Gasteiger partial charge on any atom is -0.282 e. The van der Waals surface area contributed by atoms with Gasteiger partial charge in [-0.15, -0.1) is 23.5 Å². The van der Waals surface area contributed by atoms with Gasteiger partial charge in [0.2, 0.25) is 5.12 Å². The lowest BCUT2D eigenvalue weighted by Gasteiger charge is -2.04. The summed E-state index contributed by atoms with van der Waals surface area (Å²) in [6.45, 7) is 5.67. The maximum atomic E-state index is 10.9. The van der Waals surface area contributed by atoms with Gasteiger partial charge in [-0.1, -0.05) is 25.3 Å². The maximum absolute atomic E-state index is 10.9. The number of carbonyl (C=O) groups excluding carboxylic acids is 1. The van der Waals surface area contributed by atoms with Crippen LogP contribution in [-0.4, -0.2) is 26.5 Å². The third-order valence-corrected chi connectivity index (χ3v) is 6.09. The summed E-state index contributed by atoms with van der Waals surface area (Å²) < 4.78 is 0.605. The van der Waals surface area contributed by atoms with Gasteiger partial charge in [0.1, 0.15) is 0 Å². The van der Waals surface area contributed by atoms with Gasteiger partial charge in [0.05, 0.1) is 4.58 Å². The summed E-state index contributed by atoms with van der Waals surface area (Å²) >= 11 is 5.31. The van der Waals surface area contributed by atoms with Gasteiger partial charge in [-0.05, 0) is 6.08 Å². The molecule has 0 amide bonds. The van der Waals surface area contributed by atoms with Gasteiger partial charge in [-0.2, -0.15) is 0 Å². The molecule has 0 aromatic rings. The zero-order chi connectivity index (χ0) is 8.97. The third-order valence-electron chi connectivity index (χ3n) is 1.43. The van der Waals surface area contributed by atoms with E-state index in [2.05, 4.69) is 13.5 Å². The maximum Gasteiger partial charge on any atom is 0.211 e. The molecule has 0 bridgehead atoms. The van der Waals surface area contributed by atoms with Gasteiger partial charge in [0.25, 0.3) is 0 Å². The number of hydrogen-bond acceptors (Lipinski definition) is 4. The van der Waals surface area contributed by atoms with Gasteiger partial charge in [0, 0.05) is 16.8 Å². The van der Waals surface area contributed by atoms with Gasteiger partial charge in [-0.25, -0.2) is 0 Å². The summed E-state index contributed by atoms with van der Waals surface area (Å²) in [6.07, 6.45) is 1.39. The Morgan fingerprint density at radius 2 is 2.58 bits per heavy atom. The molecule has 0 spiro atoms. The van der Waals surface area contributed by atoms with Crippen LogP contribution in [0.4, 0.5) is 0 Å². The minimum absolute atomic E-state index is 0.0933. The molecule has 4 heteroatoms. The number of hydrogen-bond donors (Lipinski definition) is 0. The molecule has 1 heterocycles. The summed E-state index contributed by atoms with van der Waals surface area (Å²) in [4.78, 5) is 10.9. The molecule has 1 fully saturated rings. The molecule has 0 saturated carbocycles. The van der Waals surface area contributed by atoms with Crippen LogP contribution in [0, 0.1) is 0 Å². The molecular formula is C8H12OS3. The third kappa shape index (κ3) is 3.46. The summed E-state index contributed by atoms with van der Waals surface area (Å²) in [5, 5.41) is 0.843. The summed E-state index contributed by atoms with van der Waals surface area (Å²) in [5.41, 5.74) is 0. The molecule has 0 aliphatic carbocycles. The van der Waals surface area contributed by atoms with Crippen molar-refractivity contribution >= 4 is 40.4 Å². The van der Waals surface area contributed by atoms with Crippen LogP contribution in [0.5, 0.6) is 0 Å². The van der Waals surface area contributed by atoms with Gasteiger partial charge in [0.15, 0.2) is 0 Å². The second-order valence-electron chi connectivity index (χ2n) is 2.54. The molecule has 2 unspecified atom stereocenters. The second-order valence-corrected chi connectivity index (χ2v) is 6.75. The predicted octanol–water partition coefficient (Wildman–Crippen LogP) is 2.63. The van der Waals surface area contributed by atoms with Gasteiger partial charge in [-0.3, -0.25) is 4.79 Å². The normalized spacial score (nSPS) is 28.8. The Hall–Kier alpha value is 0.460. The molecule has 1 saturated heterocycles. The van der Waals surface area contributed by atoms with E-state index in [1.807, 2.05) is 23.5 Å². The lowest BCUT2D eigenvalue weighted by molar-refractivity contribution is -0.107. The molecule has 0 N–H and O–H groups in total. The molecule has 1 aliphatic rings. The Kier molecular flexibility index (Phi) is 4.61. The van der Waals surface area contributed by atoms with E-state index in [0.717, 1.165) is 11.0 Å². The Morgan fingerprint density at radius 1 is 1.83 bits per heavy atom. The van der Waals surface area contributed by atoms with Crippen LogP contribution in [0.25, 0.3) is 0 Å². The molecule has 0 aromatic carbocycles. The summed E-state index contributed by atoms with van der Waals surface area (Å²) in [7, 11) is 0. The SMILES string of the molecule is C=CC(=O)SCC1SCC(C)S1. The van der Waals surface area contributed by atoms with E-state index >= 15 is 0 Å². The molecule has 1 rings (SSSR count). The fraction of sp³-hybridized carbons (Fsp3) is 0.625. The summed E-state index contributed by atoms with van der Waals surface area (Å²) in [5.74, 6) is 2.14. The van der Waals surface area contributed by atoms with Crippen LogP contribution in [0.2, 0.25) is 0 Å². The van der Waals surface area contributed by atoms with Crippen LogP contribution in [0.15, 0.2) is 12.7 Å². The van der Waals surface area contributed by atoms with Gasteiger partial charge < -0.3 is 0 Å². The lowest BCUT2D eigenvalue weighted by atomic mass is 10.6. The van der Waals surface area contributed by atoms with Crippen molar-refractivity contribution in [3.63, 3.8) is 0 Å². The minimum atomic E-state index is 0.0933. The second kappa shape index (κ2) is 5.25. The van der Waals surface area contributed by atoms with Crippen molar-refractivity contribution < 1.29 is 4.79 Å². The average Bonchev–Trinajstić information content (AvgIpc) is 2.47. The highest BCUT2D eigenvalue weighted by Crippen LogP contribution is 2.39. The van der Waals surface area contributed by atoms with Gasteiger partial charge >= 0.3 is 0 Å². The fourth-order valence-corrected chi connectivity index (χ4v) is 5.08. The number of rotatable bonds is 3. The largest absolute Gasteiger partial charge is 0.282 e. The highest BCUT2D eigenvalue weighted by Gasteiger charge is 2.22. The van der Waals surface area contributed by atoms with E-state index in [1.165, 1.54) is 23.6 Å². The van der Waals surface area contributed by atoms with Crippen molar-refractivity contribution in [1.82, 2.24) is 0 Å². The molecule has 2 atom stereocenters. The van der Waals surface area contributed by atoms with E-state index in [-0.39, 0.29) is 5.12 Å². The Balaban J connectivity index is 2.15. The van der Waals surface area contributed by atoms with Crippen LogP contribution in [0.3, 0.4) is 0 Å². The summed E-state index contributed by atoms with van der Waals surface area (Å²) in [6, 6.07) is 0. The van der Waals surface area contributed by atoms with E-state index < -0.39 is 0 Å². The van der Waals surface area contributed by atoms with E-state index in [4.69, 9.17) is 0 Å². The zero-order valence-electron chi connectivity index (χ0n) is 6.99. The quantitative estimate of drug-likeness (QED) is 0.680. The Bertz CT molecular complexity index is 181. The van der Waals surface area contributed by atoms with Crippen LogP contribution < -0.4 is 0 Å². The first-order valence-corrected chi connectivity index (χ1v) is 6.76. The van der Waals surface area contributed by atoms with Crippen LogP contribution in [-0.2, 0) is 4.79 Å². The van der Waals surface area contributed by atoms with E-state index in [9.17, 15) is 4.79 Å². The van der Waals surface area contributed by atoms with Crippen molar-refractivity contribution in [3.05, 3.63) is 12.7 Å². The topological polar surface area (TPSA) is 17.1 Å². The monoisotopic (exact) mass is 220 g/mol. The average molecular weight is 220 g/mol. The van der Waals surface area contributed by atoms with Crippen molar-refractivity contribution in [2.75, 3.05) is 11.5 Å². The van der Waals surface area contributed by atoms with E-state index in [1.54, 1.807) is 0 Å². The van der Waals surface area contributed by atoms with E-state index in [0.29, 0.717) is 4.58 Å². The molecule has 1 aliphatic heterocycles. The first-order chi connectivity index (χ1) is 5.72. The Labute approximate surface area is 86.1 Å². The van der Waals surface area contributed by atoms with Crippen molar-refractivity contribution in [2.24, 2.45) is 0 Å². The fourth-order valence-electron chi connectivity index (χ4n) is 0.877. The zero-order valence-corrected chi connectivity index (χ0v) is 9.44. The standard InChI is InChI=1S/C8H12OS3/c1-3-7(9)10-5-8-11-4-6(2)12-8/h3,6,8H,1,4-5H2,2H3. The molecule has 68 valence electrons. The first kappa shape index (κ1) is 10.5. The number of thioether (sulfide) groups is 3. The smallest absolute Gasteiger partial charge is 0.211 e. The Morgan fingerprint density at radius 3 is 3.08 bits per heavy atom. The van der Waals surface area contributed by atoms with Crippen molar-refractivity contribution in [2.45, 2.75) is 16.8 Å². The van der Waals surface area contributed by atoms with Crippen LogP contribution in [0.1, 0.15) is 6.92 Å². The first-order valence-electron chi connectivity index (χ1n) is 3.78. The predicted molar refractivity (Wildman–Crippen MR) is 61.0 cm³/mol. The molecule has 0 radical (unpaired) electrons. The molecule has 1 nitrogen and oxygen atoms in total. The molecular weight excluding hydrogens is 208 g/mol. The lowest BCUT2D eigenvalue weighted by Crippen LogP contribution is -1.99. The number of carbonyl (C=O) groups is 1. The highest BCUT2D eigenvalue weighted by atomic mass is 32.2. The van der Waals surface area contributed by atoms with Crippen LogP contribution >= 0.6 is 35.3 Å².